The maximum absolute atomic E-state index is 6.00. The van der Waals surface area contributed by atoms with Crippen LogP contribution in [0.5, 0.6) is 5.75 Å². The lowest BCUT2D eigenvalue weighted by atomic mass is 10.1. The Morgan fingerprint density at radius 3 is 2.70 bits per heavy atom. The normalized spacial score (nSPS) is 21.6. The van der Waals surface area contributed by atoms with E-state index in [4.69, 9.17) is 4.74 Å². The number of anilines is 1. The summed E-state index contributed by atoms with van der Waals surface area (Å²) in [4.78, 5) is 2.46. The van der Waals surface area contributed by atoms with Gasteiger partial charge < -0.3 is 15.0 Å². The molecule has 20 heavy (non-hydrogen) atoms. The van der Waals surface area contributed by atoms with Crippen molar-refractivity contribution in [3.63, 3.8) is 0 Å². The molecule has 2 fully saturated rings. The second kappa shape index (κ2) is 7.96. The van der Waals surface area contributed by atoms with Crippen molar-refractivity contribution in [1.82, 2.24) is 5.32 Å². The first kappa shape index (κ1) is 17.4. The van der Waals surface area contributed by atoms with Crippen LogP contribution in [0, 0.1) is 5.92 Å². The van der Waals surface area contributed by atoms with Gasteiger partial charge in [-0.2, -0.15) is 0 Å². The lowest BCUT2D eigenvalue weighted by Crippen LogP contribution is -2.50. The highest BCUT2D eigenvalue weighted by atomic mass is 35.5. The Morgan fingerprint density at radius 1 is 1.25 bits per heavy atom. The fourth-order valence-electron chi connectivity index (χ4n) is 2.51. The molecule has 0 aromatic heterocycles. The molecule has 114 valence electrons. The summed E-state index contributed by atoms with van der Waals surface area (Å²) in [6, 6.07) is 8.99. The van der Waals surface area contributed by atoms with Crippen LogP contribution < -0.4 is 15.0 Å². The van der Waals surface area contributed by atoms with Gasteiger partial charge in [-0.3, -0.25) is 0 Å². The molecule has 0 unspecified atom stereocenters. The van der Waals surface area contributed by atoms with E-state index in [2.05, 4.69) is 41.4 Å². The highest BCUT2D eigenvalue weighted by Crippen LogP contribution is 2.33. The molecule has 1 saturated carbocycles. The van der Waals surface area contributed by atoms with Crippen molar-refractivity contribution in [3.05, 3.63) is 24.3 Å². The van der Waals surface area contributed by atoms with Gasteiger partial charge in [-0.25, -0.2) is 0 Å². The maximum Gasteiger partial charge on any atom is 0.142 e. The number of benzene rings is 1. The molecule has 1 aliphatic carbocycles. The Balaban J connectivity index is 0.000001000. The first-order chi connectivity index (χ1) is 8.84. The van der Waals surface area contributed by atoms with Crippen molar-refractivity contribution in [1.29, 1.82) is 0 Å². The molecule has 1 aromatic rings. The Morgan fingerprint density at radius 2 is 2.00 bits per heavy atom. The summed E-state index contributed by atoms with van der Waals surface area (Å²) in [6.45, 7) is 6.32. The van der Waals surface area contributed by atoms with Gasteiger partial charge in [-0.1, -0.05) is 12.1 Å². The fourth-order valence-corrected chi connectivity index (χ4v) is 2.51. The van der Waals surface area contributed by atoms with Crippen molar-refractivity contribution < 1.29 is 4.74 Å². The third kappa shape index (κ3) is 4.18. The number of nitrogens with zero attached hydrogens (tertiary/aromatic N) is 1. The van der Waals surface area contributed by atoms with Crippen molar-refractivity contribution >= 4 is 30.5 Å². The van der Waals surface area contributed by atoms with E-state index in [9.17, 15) is 0 Å². The number of hydrogen-bond acceptors (Lipinski definition) is 3. The standard InChI is InChI=1S/C15H22N2O.2ClH/c1-12-10-16-8-9-17(12)14-4-2-3-5-15(14)18-11-13-6-7-13;;/h2-5,12-13,16H,6-11H2,1H3;2*1H/t12-;;/m1../s1. The van der Waals surface area contributed by atoms with Crippen LogP contribution in [0.2, 0.25) is 0 Å². The van der Waals surface area contributed by atoms with Gasteiger partial charge in [0, 0.05) is 25.7 Å². The maximum atomic E-state index is 6.00. The molecule has 1 heterocycles. The quantitative estimate of drug-likeness (QED) is 0.923. The molecule has 5 heteroatoms. The Bertz CT molecular complexity index is 413. The largest absolute Gasteiger partial charge is 0.491 e. The lowest BCUT2D eigenvalue weighted by molar-refractivity contribution is 0.299. The van der Waals surface area contributed by atoms with Gasteiger partial charge in [-0.15, -0.1) is 24.8 Å². The Hall–Kier alpha value is -0.640. The van der Waals surface area contributed by atoms with Crippen LogP contribution in [0.25, 0.3) is 0 Å². The minimum absolute atomic E-state index is 0. The molecule has 1 saturated heterocycles. The van der Waals surface area contributed by atoms with Crippen LogP contribution in [-0.2, 0) is 0 Å². The van der Waals surface area contributed by atoms with Gasteiger partial charge in [0.2, 0.25) is 0 Å². The molecule has 1 N–H and O–H groups in total. The van der Waals surface area contributed by atoms with Crippen LogP contribution in [0.4, 0.5) is 5.69 Å². The zero-order valence-corrected chi connectivity index (χ0v) is 13.5. The number of piperazine rings is 1. The van der Waals surface area contributed by atoms with Crippen molar-refractivity contribution in [2.75, 3.05) is 31.1 Å². The third-order valence-electron chi connectivity index (χ3n) is 3.85. The van der Waals surface area contributed by atoms with E-state index in [1.165, 1.54) is 18.5 Å². The summed E-state index contributed by atoms with van der Waals surface area (Å²) in [5.74, 6) is 1.86. The summed E-state index contributed by atoms with van der Waals surface area (Å²) in [6.07, 6.45) is 2.68. The van der Waals surface area contributed by atoms with Crippen LogP contribution >= 0.6 is 24.8 Å². The summed E-state index contributed by atoms with van der Waals surface area (Å²) in [5.41, 5.74) is 1.26. The van der Waals surface area contributed by atoms with Gasteiger partial charge >= 0.3 is 0 Å². The smallest absolute Gasteiger partial charge is 0.142 e. The van der Waals surface area contributed by atoms with E-state index in [-0.39, 0.29) is 24.8 Å². The van der Waals surface area contributed by atoms with Crippen molar-refractivity contribution in [2.24, 2.45) is 5.92 Å². The molecule has 0 radical (unpaired) electrons. The second-order valence-electron chi connectivity index (χ2n) is 5.47. The predicted octanol–water partition coefficient (Wildman–Crippen LogP) is 3.12. The number of halogens is 2. The number of hydrogen-bond donors (Lipinski definition) is 1. The lowest BCUT2D eigenvalue weighted by Gasteiger charge is -2.36. The third-order valence-corrected chi connectivity index (χ3v) is 3.85. The SMILES string of the molecule is C[C@@H]1CNCCN1c1ccccc1OCC1CC1.Cl.Cl. The minimum atomic E-state index is 0. The molecule has 0 spiro atoms. The molecule has 0 amide bonds. The van der Waals surface area contributed by atoms with Crippen molar-refractivity contribution in [2.45, 2.75) is 25.8 Å². The fraction of sp³-hybridized carbons (Fsp3) is 0.600. The number of para-hydroxylation sites is 2. The molecular weight excluding hydrogens is 295 g/mol. The monoisotopic (exact) mass is 318 g/mol. The van der Waals surface area contributed by atoms with E-state index in [0.717, 1.165) is 37.9 Å². The summed E-state index contributed by atoms with van der Waals surface area (Å²) < 4.78 is 6.00. The highest BCUT2D eigenvalue weighted by Gasteiger charge is 2.24. The molecule has 1 aromatic carbocycles. The molecule has 3 nitrogen and oxygen atoms in total. The molecule has 3 rings (SSSR count). The minimum Gasteiger partial charge on any atom is -0.491 e. The zero-order chi connectivity index (χ0) is 12.4. The summed E-state index contributed by atoms with van der Waals surface area (Å²) >= 11 is 0. The van der Waals surface area contributed by atoms with Gasteiger partial charge in [0.15, 0.2) is 0 Å². The van der Waals surface area contributed by atoms with Gasteiger partial charge in [0.25, 0.3) is 0 Å². The Labute approximate surface area is 133 Å². The molecule has 1 atom stereocenters. The molecule has 0 bridgehead atoms. The topological polar surface area (TPSA) is 24.5 Å². The van der Waals surface area contributed by atoms with E-state index < -0.39 is 0 Å². The zero-order valence-electron chi connectivity index (χ0n) is 11.9. The average molecular weight is 319 g/mol. The molecule has 1 aliphatic heterocycles. The first-order valence-electron chi connectivity index (χ1n) is 7.04. The van der Waals surface area contributed by atoms with Gasteiger partial charge in [-0.05, 0) is 37.8 Å². The predicted molar refractivity (Wildman–Crippen MR) is 88.8 cm³/mol. The van der Waals surface area contributed by atoms with Gasteiger partial charge in [0.1, 0.15) is 5.75 Å². The van der Waals surface area contributed by atoms with Crippen LogP contribution in [-0.4, -0.2) is 32.3 Å². The van der Waals surface area contributed by atoms with E-state index in [0.29, 0.717) is 6.04 Å². The Kier molecular flexibility index (Phi) is 6.93. The van der Waals surface area contributed by atoms with Crippen LogP contribution in [0.1, 0.15) is 19.8 Å². The summed E-state index contributed by atoms with van der Waals surface area (Å²) in [5, 5.41) is 3.43. The molecular formula is C15H24Cl2N2O. The average Bonchev–Trinajstić information content (AvgIpc) is 3.22. The van der Waals surface area contributed by atoms with Crippen LogP contribution in [0.3, 0.4) is 0 Å². The highest BCUT2D eigenvalue weighted by molar-refractivity contribution is 5.85. The second-order valence-corrected chi connectivity index (χ2v) is 5.47. The number of rotatable bonds is 4. The van der Waals surface area contributed by atoms with Crippen LogP contribution in [0.15, 0.2) is 24.3 Å². The van der Waals surface area contributed by atoms with Crippen molar-refractivity contribution in [3.8, 4) is 5.75 Å². The van der Waals surface area contributed by atoms with E-state index in [1.807, 2.05) is 0 Å². The number of ether oxygens (including phenoxy) is 1. The van der Waals surface area contributed by atoms with E-state index in [1.54, 1.807) is 0 Å². The summed E-state index contributed by atoms with van der Waals surface area (Å²) in [7, 11) is 0. The number of nitrogens with one attached hydrogen (secondary N) is 1. The molecule has 2 aliphatic rings. The van der Waals surface area contributed by atoms with Gasteiger partial charge in [0.05, 0.1) is 12.3 Å². The first-order valence-corrected chi connectivity index (χ1v) is 7.04. The van der Waals surface area contributed by atoms with E-state index >= 15 is 0 Å².